The van der Waals surface area contributed by atoms with E-state index >= 15 is 0 Å². The lowest BCUT2D eigenvalue weighted by Crippen LogP contribution is -2.50. The van der Waals surface area contributed by atoms with Crippen LogP contribution in [0.25, 0.3) is 0 Å². The number of nitrogens with zero attached hydrogens (tertiary/aromatic N) is 3. The van der Waals surface area contributed by atoms with Gasteiger partial charge >= 0.3 is 6.03 Å². The summed E-state index contributed by atoms with van der Waals surface area (Å²) in [6.07, 6.45) is 0. The van der Waals surface area contributed by atoms with Gasteiger partial charge in [0.15, 0.2) is 0 Å². The fraction of sp³-hybridized carbons (Fsp3) is 0.321. The second-order valence-corrected chi connectivity index (χ2v) is 9.21. The lowest BCUT2D eigenvalue weighted by molar-refractivity contribution is 0.182. The number of carbonyl (C=O) groups is 1. The third-order valence-corrected chi connectivity index (χ3v) is 6.47. The molecule has 184 valence electrons. The maximum atomic E-state index is 13.3. The molecule has 1 atom stereocenters. The SMILES string of the molecule is Cc1cccc(NC(=O)NCC(c2ccc(N(C)C)cc2)N2CCN(c3ccc(F)cc3)CC2)c1. The van der Waals surface area contributed by atoms with E-state index in [1.165, 1.54) is 17.7 Å². The molecule has 7 heteroatoms. The van der Waals surface area contributed by atoms with Crippen LogP contribution in [0.2, 0.25) is 0 Å². The van der Waals surface area contributed by atoms with Crippen molar-refractivity contribution in [3.05, 3.63) is 89.7 Å². The smallest absolute Gasteiger partial charge is 0.319 e. The second-order valence-electron chi connectivity index (χ2n) is 9.21. The minimum atomic E-state index is -0.219. The number of nitrogens with one attached hydrogen (secondary N) is 2. The summed E-state index contributed by atoms with van der Waals surface area (Å²) in [5.41, 5.74) is 5.22. The van der Waals surface area contributed by atoms with Crippen molar-refractivity contribution in [3.8, 4) is 0 Å². The Hall–Kier alpha value is -3.58. The number of halogens is 1. The number of hydrogen-bond donors (Lipinski definition) is 2. The molecule has 1 heterocycles. The maximum absolute atomic E-state index is 13.3. The van der Waals surface area contributed by atoms with Gasteiger partial charge in [-0.15, -0.1) is 0 Å². The van der Waals surface area contributed by atoms with Gasteiger partial charge in [0, 0.05) is 63.9 Å². The van der Waals surface area contributed by atoms with E-state index in [-0.39, 0.29) is 17.9 Å². The third kappa shape index (κ3) is 6.51. The zero-order chi connectivity index (χ0) is 24.8. The molecular weight excluding hydrogens is 441 g/mol. The van der Waals surface area contributed by atoms with Crippen LogP contribution in [0.3, 0.4) is 0 Å². The van der Waals surface area contributed by atoms with Crippen molar-refractivity contribution in [2.75, 3.05) is 61.9 Å². The van der Waals surface area contributed by atoms with Crippen LogP contribution in [0, 0.1) is 12.7 Å². The van der Waals surface area contributed by atoms with Gasteiger partial charge in [-0.05, 0) is 66.6 Å². The highest BCUT2D eigenvalue weighted by atomic mass is 19.1. The summed E-state index contributed by atoms with van der Waals surface area (Å²) in [7, 11) is 4.05. The molecule has 35 heavy (non-hydrogen) atoms. The Kier molecular flexibility index (Phi) is 7.87. The summed E-state index contributed by atoms with van der Waals surface area (Å²) in [5.74, 6) is -0.219. The molecule has 0 aromatic heterocycles. The van der Waals surface area contributed by atoms with E-state index in [4.69, 9.17) is 0 Å². The molecule has 1 aliphatic rings. The van der Waals surface area contributed by atoms with Crippen LogP contribution in [-0.4, -0.2) is 57.8 Å². The molecule has 1 fully saturated rings. The third-order valence-electron chi connectivity index (χ3n) is 6.47. The van der Waals surface area contributed by atoms with Crippen molar-refractivity contribution in [2.24, 2.45) is 0 Å². The van der Waals surface area contributed by atoms with E-state index < -0.39 is 0 Å². The summed E-state index contributed by atoms with van der Waals surface area (Å²) < 4.78 is 13.3. The van der Waals surface area contributed by atoms with E-state index in [1.54, 1.807) is 0 Å². The fourth-order valence-corrected chi connectivity index (χ4v) is 4.48. The number of anilines is 3. The maximum Gasteiger partial charge on any atom is 0.319 e. The molecule has 3 aromatic rings. The first-order valence-corrected chi connectivity index (χ1v) is 12.0. The lowest BCUT2D eigenvalue weighted by Gasteiger charge is -2.40. The Morgan fingerprint density at radius 3 is 2.29 bits per heavy atom. The van der Waals surface area contributed by atoms with E-state index in [0.29, 0.717) is 6.54 Å². The molecule has 1 unspecified atom stereocenters. The average molecular weight is 476 g/mol. The van der Waals surface area contributed by atoms with Crippen molar-refractivity contribution in [1.82, 2.24) is 10.2 Å². The number of rotatable bonds is 7. The number of piperazine rings is 1. The first-order valence-electron chi connectivity index (χ1n) is 12.0. The van der Waals surface area contributed by atoms with Gasteiger partial charge in [0.1, 0.15) is 5.82 Å². The summed E-state index contributed by atoms with van der Waals surface area (Å²) in [5, 5.41) is 6.01. The Labute approximate surface area is 207 Å². The van der Waals surface area contributed by atoms with Gasteiger partial charge in [0.2, 0.25) is 0 Å². The van der Waals surface area contributed by atoms with E-state index in [1.807, 2.05) is 57.4 Å². The Bertz CT molecular complexity index is 1110. The molecule has 0 bridgehead atoms. The lowest BCUT2D eigenvalue weighted by atomic mass is 10.0. The molecule has 2 amide bonds. The Balaban J connectivity index is 1.44. The number of hydrogen-bond acceptors (Lipinski definition) is 4. The van der Waals surface area contributed by atoms with Crippen LogP contribution in [0.1, 0.15) is 17.2 Å². The second kappa shape index (κ2) is 11.2. The van der Waals surface area contributed by atoms with Crippen molar-refractivity contribution < 1.29 is 9.18 Å². The predicted molar refractivity (Wildman–Crippen MR) is 142 cm³/mol. The largest absolute Gasteiger partial charge is 0.378 e. The molecule has 1 aliphatic heterocycles. The van der Waals surface area contributed by atoms with Crippen LogP contribution in [0.5, 0.6) is 0 Å². The van der Waals surface area contributed by atoms with Crippen molar-refractivity contribution in [3.63, 3.8) is 0 Å². The molecule has 6 nitrogen and oxygen atoms in total. The molecule has 1 saturated heterocycles. The summed E-state index contributed by atoms with van der Waals surface area (Å²) >= 11 is 0. The fourth-order valence-electron chi connectivity index (χ4n) is 4.48. The van der Waals surface area contributed by atoms with Gasteiger partial charge in [-0.1, -0.05) is 24.3 Å². The molecule has 0 saturated carbocycles. The van der Waals surface area contributed by atoms with E-state index in [9.17, 15) is 9.18 Å². The molecule has 3 aromatic carbocycles. The van der Waals surface area contributed by atoms with E-state index in [2.05, 4.69) is 49.6 Å². The first-order chi connectivity index (χ1) is 16.9. The topological polar surface area (TPSA) is 50.9 Å². The van der Waals surface area contributed by atoms with E-state index in [0.717, 1.165) is 48.8 Å². The quantitative estimate of drug-likeness (QED) is 0.511. The zero-order valence-electron chi connectivity index (χ0n) is 20.7. The van der Waals surface area contributed by atoms with Gasteiger partial charge in [-0.3, -0.25) is 4.90 Å². The molecule has 0 aliphatic carbocycles. The molecular formula is C28H34FN5O. The molecule has 0 spiro atoms. The molecule has 0 radical (unpaired) electrons. The van der Waals surface area contributed by atoms with Crippen LogP contribution >= 0.6 is 0 Å². The van der Waals surface area contributed by atoms with Gasteiger partial charge in [-0.2, -0.15) is 0 Å². The number of aryl methyl sites for hydroxylation is 1. The Morgan fingerprint density at radius 2 is 1.66 bits per heavy atom. The predicted octanol–water partition coefficient (Wildman–Crippen LogP) is 4.89. The molecule has 4 rings (SSSR count). The summed E-state index contributed by atoms with van der Waals surface area (Å²) in [4.78, 5) is 19.4. The van der Waals surface area contributed by atoms with Gasteiger partial charge in [-0.25, -0.2) is 9.18 Å². The van der Waals surface area contributed by atoms with Gasteiger partial charge in [0.25, 0.3) is 0 Å². The van der Waals surface area contributed by atoms with Crippen molar-refractivity contribution >= 4 is 23.1 Å². The molecule has 2 N–H and O–H groups in total. The minimum Gasteiger partial charge on any atom is -0.378 e. The zero-order valence-corrected chi connectivity index (χ0v) is 20.7. The highest BCUT2D eigenvalue weighted by molar-refractivity contribution is 5.89. The number of benzene rings is 3. The first kappa shape index (κ1) is 24.5. The standard InChI is InChI=1S/C28H34FN5O/c1-21-5-4-6-24(19-21)31-28(35)30-20-27(22-7-11-25(12-8-22)32(2)3)34-17-15-33(16-18-34)26-13-9-23(29)10-14-26/h4-14,19,27H,15-18,20H2,1-3H3,(H2,30,31,35). The van der Waals surface area contributed by atoms with Gasteiger partial charge in [0.05, 0.1) is 6.04 Å². The van der Waals surface area contributed by atoms with Crippen LogP contribution < -0.4 is 20.4 Å². The van der Waals surface area contributed by atoms with Crippen LogP contribution in [-0.2, 0) is 0 Å². The monoisotopic (exact) mass is 475 g/mol. The number of urea groups is 1. The number of amides is 2. The van der Waals surface area contributed by atoms with Crippen molar-refractivity contribution in [2.45, 2.75) is 13.0 Å². The Morgan fingerprint density at radius 1 is 0.971 bits per heavy atom. The summed E-state index contributed by atoms with van der Waals surface area (Å²) in [6.45, 7) is 5.87. The van der Waals surface area contributed by atoms with Crippen LogP contribution in [0.15, 0.2) is 72.8 Å². The van der Waals surface area contributed by atoms with Gasteiger partial charge < -0.3 is 20.4 Å². The normalized spacial score (nSPS) is 14.9. The van der Waals surface area contributed by atoms with Crippen molar-refractivity contribution in [1.29, 1.82) is 0 Å². The highest BCUT2D eigenvalue weighted by Crippen LogP contribution is 2.26. The highest BCUT2D eigenvalue weighted by Gasteiger charge is 2.26. The summed E-state index contributed by atoms with van der Waals surface area (Å²) in [6, 6.07) is 22.8. The van der Waals surface area contributed by atoms with Crippen LogP contribution in [0.4, 0.5) is 26.2 Å². The number of carbonyl (C=O) groups excluding carboxylic acids is 1. The average Bonchev–Trinajstić information content (AvgIpc) is 2.85. The minimum absolute atomic E-state index is 0.0461.